The predicted octanol–water partition coefficient (Wildman–Crippen LogP) is 2.31. The van der Waals surface area contributed by atoms with Crippen LogP contribution < -0.4 is 0 Å². The lowest BCUT2D eigenvalue weighted by molar-refractivity contribution is 0.103. The molecule has 4 nitrogen and oxygen atoms in total. The molecule has 0 aliphatic heterocycles. The van der Waals surface area contributed by atoms with E-state index >= 15 is 0 Å². The molecule has 0 aliphatic carbocycles. The van der Waals surface area contributed by atoms with Crippen molar-refractivity contribution in [2.45, 2.75) is 13.8 Å². The molecule has 2 heterocycles. The molecule has 2 aromatic rings. The molecular weight excluding hydrogens is 226 g/mol. The largest absolute Gasteiger partial charge is 0.287 e. The number of hydrogen-bond acceptors (Lipinski definition) is 3. The van der Waals surface area contributed by atoms with Gasteiger partial charge in [0.2, 0.25) is 5.78 Å². The summed E-state index contributed by atoms with van der Waals surface area (Å²) in [6.07, 6.45) is 1.60. The highest BCUT2D eigenvalue weighted by Gasteiger charge is 2.17. The first-order valence-corrected chi connectivity index (χ1v) is 5.15. The fourth-order valence-electron chi connectivity index (χ4n) is 1.40. The Hall–Kier alpha value is -1.68. The number of halogens is 1. The van der Waals surface area contributed by atoms with Crippen LogP contribution >= 0.6 is 11.6 Å². The van der Waals surface area contributed by atoms with Crippen molar-refractivity contribution in [3.05, 3.63) is 46.0 Å². The van der Waals surface area contributed by atoms with E-state index in [-0.39, 0.29) is 5.78 Å². The van der Waals surface area contributed by atoms with Crippen molar-refractivity contribution in [2.75, 3.05) is 0 Å². The summed E-state index contributed by atoms with van der Waals surface area (Å²) in [5.41, 5.74) is 2.29. The Kier molecular flexibility index (Phi) is 2.75. The number of rotatable bonds is 2. The third-order valence-corrected chi connectivity index (χ3v) is 2.72. The van der Waals surface area contributed by atoms with Gasteiger partial charge in [-0.2, -0.15) is 5.10 Å². The Labute approximate surface area is 97.7 Å². The highest BCUT2D eigenvalue weighted by Crippen LogP contribution is 2.20. The lowest BCUT2D eigenvalue weighted by atomic mass is 10.1. The molecule has 0 aromatic carbocycles. The van der Waals surface area contributed by atoms with E-state index in [1.165, 1.54) is 0 Å². The minimum absolute atomic E-state index is 0.170. The van der Waals surface area contributed by atoms with Gasteiger partial charge in [0.05, 0.1) is 10.7 Å². The van der Waals surface area contributed by atoms with Gasteiger partial charge in [-0.1, -0.05) is 11.6 Å². The normalized spacial score (nSPS) is 10.4. The molecule has 0 spiro atoms. The summed E-state index contributed by atoms with van der Waals surface area (Å²) >= 11 is 5.96. The van der Waals surface area contributed by atoms with Gasteiger partial charge in [0.25, 0.3) is 0 Å². The van der Waals surface area contributed by atoms with Crippen molar-refractivity contribution in [2.24, 2.45) is 0 Å². The van der Waals surface area contributed by atoms with Crippen LogP contribution in [0, 0.1) is 13.8 Å². The van der Waals surface area contributed by atoms with E-state index in [4.69, 9.17) is 11.6 Å². The fraction of sp³-hybridized carbons (Fsp3) is 0.182. The van der Waals surface area contributed by atoms with Gasteiger partial charge in [-0.15, -0.1) is 0 Å². The van der Waals surface area contributed by atoms with Crippen molar-refractivity contribution in [1.82, 2.24) is 15.2 Å². The molecular formula is C11H10ClN3O. The molecule has 0 unspecified atom stereocenters. The summed E-state index contributed by atoms with van der Waals surface area (Å²) in [6.45, 7) is 3.57. The number of aromatic amines is 1. The SMILES string of the molecule is Cc1cc(C(=O)c2[nH]nc(C)c2Cl)ccn1. The number of ketones is 1. The van der Waals surface area contributed by atoms with Crippen LogP contribution in [0.25, 0.3) is 0 Å². The molecule has 16 heavy (non-hydrogen) atoms. The molecule has 5 heteroatoms. The number of carbonyl (C=O) groups excluding carboxylic acids is 1. The standard InChI is InChI=1S/C11H10ClN3O/c1-6-5-8(3-4-13-6)11(16)10-9(12)7(2)14-15-10/h3-5H,1-2H3,(H,14,15). The number of aryl methyl sites for hydroxylation is 2. The van der Waals surface area contributed by atoms with Crippen molar-refractivity contribution in [3.8, 4) is 0 Å². The topological polar surface area (TPSA) is 58.6 Å². The molecule has 82 valence electrons. The summed E-state index contributed by atoms with van der Waals surface area (Å²) in [7, 11) is 0. The Morgan fingerprint density at radius 1 is 1.44 bits per heavy atom. The average Bonchev–Trinajstić information content (AvgIpc) is 2.59. The summed E-state index contributed by atoms with van der Waals surface area (Å²) in [4.78, 5) is 16.1. The predicted molar refractivity (Wildman–Crippen MR) is 60.7 cm³/mol. The number of pyridine rings is 1. The highest BCUT2D eigenvalue weighted by molar-refractivity contribution is 6.35. The zero-order chi connectivity index (χ0) is 11.7. The number of H-pyrrole nitrogens is 1. The molecule has 0 aliphatic rings. The quantitative estimate of drug-likeness (QED) is 0.813. The smallest absolute Gasteiger partial charge is 0.212 e. The zero-order valence-corrected chi connectivity index (χ0v) is 9.67. The Morgan fingerprint density at radius 2 is 2.19 bits per heavy atom. The van der Waals surface area contributed by atoms with Gasteiger partial charge in [0.15, 0.2) is 0 Å². The van der Waals surface area contributed by atoms with Crippen LogP contribution in [0.15, 0.2) is 18.3 Å². The summed E-state index contributed by atoms with van der Waals surface area (Å²) in [5, 5.41) is 6.91. The fourth-order valence-corrected chi connectivity index (χ4v) is 1.57. The van der Waals surface area contributed by atoms with Gasteiger partial charge >= 0.3 is 0 Å². The first kappa shape index (κ1) is 10.8. The van der Waals surface area contributed by atoms with E-state index < -0.39 is 0 Å². The lowest BCUT2D eigenvalue weighted by Gasteiger charge is -1.99. The maximum absolute atomic E-state index is 12.0. The minimum atomic E-state index is -0.170. The van der Waals surface area contributed by atoms with Gasteiger partial charge < -0.3 is 0 Å². The molecule has 0 fully saturated rings. The number of hydrogen-bond donors (Lipinski definition) is 1. The van der Waals surface area contributed by atoms with Crippen LogP contribution in [0.1, 0.15) is 27.4 Å². The third kappa shape index (κ3) is 1.84. The summed E-state index contributed by atoms with van der Waals surface area (Å²) < 4.78 is 0. The molecule has 0 radical (unpaired) electrons. The van der Waals surface area contributed by atoms with Crippen LogP contribution in [0.5, 0.6) is 0 Å². The van der Waals surface area contributed by atoms with Crippen molar-refractivity contribution >= 4 is 17.4 Å². The second kappa shape index (κ2) is 4.06. The van der Waals surface area contributed by atoms with Crippen LogP contribution in [-0.4, -0.2) is 21.0 Å². The van der Waals surface area contributed by atoms with Crippen molar-refractivity contribution in [1.29, 1.82) is 0 Å². The second-order valence-corrected chi connectivity index (χ2v) is 3.89. The van der Waals surface area contributed by atoms with E-state index in [0.717, 1.165) is 5.69 Å². The minimum Gasteiger partial charge on any atom is -0.287 e. The van der Waals surface area contributed by atoms with Crippen LogP contribution in [0.4, 0.5) is 0 Å². The molecule has 1 N–H and O–H groups in total. The number of aromatic nitrogens is 3. The van der Waals surface area contributed by atoms with Gasteiger partial charge in [-0.05, 0) is 26.0 Å². The molecule has 0 saturated heterocycles. The van der Waals surface area contributed by atoms with Crippen molar-refractivity contribution in [3.63, 3.8) is 0 Å². The van der Waals surface area contributed by atoms with Crippen LogP contribution in [0.3, 0.4) is 0 Å². The molecule has 0 atom stereocenters. The number of carbonyl (C=O) groups is 1. The number of nitrogens with one attached hydrogen (secondary N) is 1. The summed E-state index contributed by atoms with van der Waals surface area (Å²) in [5.74, 6) is -0.170. The molecule has 0 saturated carbocycles. The van der Waals surface area contributed by atoms with E-state index in [9.17, 15) is 4.79 Å². The first-order valence-electron chi connectivity index (χ1n) is 4.77. The van der Waals surface area contributed by atoms with Gasteiger partial charge in [0.1, 0.15) is 5.69 Å². The van der Waals surface area contributed by atoms with Crippen LogP contribution in [-0.2, 0) is 0 Å². The van der Waals surface area contributed by atoms with E-state index in [1.807, 2.05) is 6.92 Å². The zero-order valence-electron chi connectivity index (χ0n) is 8.91. The third-order valence-electron chi connectivity index (χ3n) is 2.26. The molecule has 2 rings (SSSR count). The van der Waals surface area contributed by atoms with Crippen molar-refractivity contribution < 1.29 is 4.79 Å². The molecule has 0 bridgehead atoms. The summed E-state index contributed by atoms with van der Waals surface area (Å²) in [6, 6.07) is 3.37. The molecule has 2 aromatic heterocycles. The maximum Gasteiger partial charge on any atom is 0.212 e. The van der Waals surface area contributed by atoms with E-state index in [2.05, 4.69) is 15.2 Å². The van der Waals surface area contributed by atoms with E-state index in [1.54, 1.807) is 25.3 Å². The maximum atomic E-state index is 12.0. The average molecular weight is 236 g/mol. The lowest BCUT2D eigenvalue weighted by Crippen LogP contribution is -2.03. The van der Waals surface area contributed by atoms with Crippen LogP contribution in [0.2, 0.25) is 5.02 Å². The van der Waals surface area contributed by atoms with Gasteiger partial charge in [-0.25, -0.2) is 0 Å². The van der Waals surface area contributed by atoms with Gasteiger partial charge in [-0.3, -0.25) is 14.9 Å². The monoisotopic (exact) mass is 235 g/mol. The Morgan fingerprint density at radius 3 is 2.75 bits per heavy atom. The van der Waals surface area contributed by atoms with E-state index in [0.29, 0.717) is 22.0 Å². The highest BCUT2D eigenvalue weighted by atomic mass is 35.5. The first-order chi connectivity index (χ1) is 7.59. The Bertz CT molecular complexity index is 548. The van der Waals surface area contributed by atoms with Gasteiger partial charge in [0, 0.05) is 17.5 Å². The second-order valence-electron chi connectivity index (χ2n) is 3.51. The Balaban J connectivity index is 2.43. The molecule has 0 amide bonds. The number of nitrogens with zero attached hydrogens (tertiary/aromatic N) is 2.